The highest BCUT2D eigenvalue weighted by atomic mass is 16.2. The molecule has 126 valence electrons. The number of rotatable bonds is 3. The molecule has 4 aromatic rings. The van der Waals surface area contributed by atoms with Gasteiger partial charge in [0.05, 0.1) is 16.7 Å². The minimum Gasteiger partial charge on any atom is -0.276 e. The molecule has 0 unspecified atom stereocenters. The standard InChI is InChI=1S/C16H15N7O2/c1-21-9-10(19-20-21)7-8-23-14-13(15(24)22(2)16(23)25)17-11-5-3-4-6-12(11)18-14/h3-6,9H,7-8H2,1-2H3. The first kappa shape index (κ1) is 15.2. The minimum absolute atomic E-state index is 0.181. The SMILES string of the molecule is Cn1cc(CCn2c(=O)n(C)c(=O)c3nc4ccccc4nc32)nn1. The van der Waals surface area contributed by atoms with E-state index in [-0.39, 0.29) is 11.2 Å². The van der Waals surface area contributed by atoms with Crippen molar-refractivity contribution in [3.05, 3.63) is 57.0 Å². The van der Waals surface area contributed by atoms with Gasteiger partial charge >= 0.3 is 5.69 Å². The third-order valence-corrected chi connectivity index (χ3v) is 4.07. The van der Waals surface area contributed by atoms with Crippen LogP contribution >= 0.6 is 0 Å². The second kappa shape index (κ2) is 5.62. The van der Waals surface area contributed by atoms with Crippen molar-refractivity contribution in [3.8, 4) is 0 Å². The maximum Gasteiger partial charge on any atom is 0.332 e. The summed E-state index contributed by atoms with van der Waals surface area (Å²) < 4.78 is 4.12. The number of hydrogen-bond acceptors (Lipinski definition) is 6. The molecule has 0 N–H and O–H groups in total. The highest BCUT2D eigenvalue weighted by Crippen LogP contribution is 2.12. The molecule has 0 spiro atoms. The molecule has 0 aliphatic rings. The normalized spacial score (nSPS) is 11.4. The molecule has 3 aromatic heterocycles. The van der Waals surface area contributed by atoms with Gasteiger partial charge in [0.25, 0.3) is 5.56 Å². The summed E-state index contributed by atoms with van der Waals surface area (Å²) in [6, 6.07) is 7.26. The topological polar surface area (TPSA) is 100 Å². The summed E-state index contributed by atoms with van der Waals surface area (Å²) in [5.41, 5.74) is 1.60. The summed E-state index contributed by atoms with van der Waals surface area (Å²) in [5.74, 6) is 0. The first-order valence-electron chi connectivity index (χ1n) is 7.76. The number of nitrogens with zero attached hydrogens (tertiary/aromatic N) is 7. The van der Waals surface area contributed by atoms with Crippen molar-refractivity contribution >= 4 is 22.2 Å². The zero-order valence-electron chi connectivity index (χ0n) is 13.7. The van der Waals surface area contributed by atoms with E-state index >= 15 is 0 Å². The average Bonchev–Trinajstić information content (AvgIpc) is 3.04. The van der Waals surface area contributed by atoms with E-state index in [1.54, 1.807) is 30.1 Å². The van der Waals surface area contributed by atoms with Gasteiger partial charge in [-0.2, -0.15) is 0 Å². The number of hydrogen-bond donors (Lipinski definition) is 0. The van der Waals surface area contributed by atoms with Crippen molar-refractivity contribution in [3.63, 3.8) is 0 Å². The predicted molar refractivity (Wildman–Crippen MR) is 91.3 cm³/mol. The van der Waals surface area contributed by atoms with E-state index in [0.717, 1.165) is 10.3 Å². The minimum atomic E-state index is -0.450. The first-order chi connectivity index (χ1) is 12.0. The van der Waals surface area contributed by atoms with Gasteiger partial charge in [0, 0.05) is 33.3 Å². The molecular formula is C16H15N7O2. The van der Waals surface area contributed by atoms with Crippen molar-refractivity contribution in [1.82, 2.24) is 34.1 Å². The van der Waals surface area contributed by atoms with Gasteiger partial charge in [0.1, 0.15) is 0 Å². The van der Waals surface area contributed by atoms with Crippen LogP contribution in [0.3, 0.4) is 0 Å². The molecule has 0 amide bonds. The number of aromatic nitrogens is 7. The second-order valence-electron chi connectivity index (χ2n) is 5.82. The fourth-order valence-corrected chi connectivity index (χ4v) is 2.78. The van der Waals surface area contributed by atoms with Crippen LogP contribution < -0.4 is 11.2 Å². The van der Waals surface area contributed by atoms with E-state index in [4.69, 9.17) is 0 Å². The van der Waals surface area contributed by atoms with Crippen LogP contribution in [0.1, 0.15) is 5.69 Å². The Labute approximate surface area is 141 Å². The zero-order chi connectivity index (χ0) is 17.6. The van der Waals surface area contributed by atoms with Crippen molar-refractivity contribution < 1.29 is 0 Å². The fourth-order valence-electron chi connectivity index (χ4n) is 2.78. The number of para-hydroxylation sites is 2. The fraction of sp³-hybridized carbons (Fsp3) is 0.250. The van der Waals surface area contributed by atoms with E-state index < -0.39 is 11.2 Å². The Morgan fingerprint density at radius 2 is 1.76 bits per heavy atom. The van der Waals surface area contributed by atoms with Gasteiger partial charge in [-0.15, -0.1) is 5.10 Å². The summed E-state index contributed by atoms with van der Waals surface area (Å²) in [6.45, 7) is 0.329. The van der Waals surface area contributed by atoms with Crippen LogP contribution in [-0.2, 0) is 27.1 Å². The molecule has 0 atom stereocenters. The van der Waals surface area contributed by atoms with Crippen LogP contribution in [0.5, 0.6) is 0 Å². The first-order valence-corrected chi connectivity index (χ1v) is 7.76. The van der Waals surface area contributed by atoms with Gasteiger partial charge in [0.15, 0.2) is 11.2 Å². The predicted octanol–water partition coefficient (Wildman–Crippen LogP) is 0.0146. The van der Waals surface area contributed by atoms with Crippen LogP contribution in [0.25, 0.3) is 22.2 Å². The van der Waals surface area contributed by atoms with Crippen LogP contribution in [-0.4, -0.2) is 34.1 Å². The number of benzene rings is 1. The lowest BCUT2D eigenvalue weighted by molar-refractivity contribution is 0.613. The summed E-state index contributed by atoms with van der Waals surface area (Å²) >= 11 is 0. The Bertz CT molecular complexity index is 1220. The van der Waals surface area contributed by atoms with Gasteiger partial charge in [-0.1, -0.05) is 17.3 Å². The molecule has 9 heteroatoms. The Balaban J connectivity index is 1.93. The van der Waals surface area contributed by atoms with Crippen molar-refractivity contribution in [1.29, 1.82) is 0 Å². The highest BCUT2D eigenvalue weighted by Gasteiger charge is 2.15. The van der Waals surface area contributed by atoms with Crippen LogP contribution in [0.2, 0.25) is 0 Å². The van der Waals surface area contributed by atoms with E-state index in [9.17, 15) is 9.59 Å². The smallest absolute Gasteiger partial charge is 0.276 e. The third kappa shape index (κ3) is 2.49. The Morgan fingerprint density at radius 1 is 1.04 bits per heavy atom. The van der Waals surface area contributed by atoms with E-state index in [2.05, 4.69) is 20.3 Å². The maximum absolute atomic E-state index is 12.6. The summed E-state index contributed by atoms with van der Waals surface area (Å²) in [6.07, 6.45) is 2.28. The molecule has 3 heterocycles. The van der Waals surface area contributed by atoms with Gasteiger partial charge in [-0.05, 0) is 12.1 Å². The maximum atomic E-state index is 12.6. The van der Waals surface area contributed by atoms with Crippen molar-refractivity contribution in [2.24, 2.45) is 14.1 Å². The molecule has 0 fully saturated rings. The molecule has 4 rings (SSSR count). The van der Waals surface area contributed by atoms with Crippen molar-refractivity contribution in [2.75, 3.05) is 0 Å². The Hall–Kier alpha value is -3.36. The summed E-state index contributed by atoms with van der Waals surface area (Å²) in [4.78, 5) is 33.9. The molecule has 25 heavy (non-hydrogen) atoms. The van der Waals surface area contributed by atoms with Gasteiger partial charge in [-0.25, -0.2) is 14.8 Å². The third-order valence-electron chi connectivity index (χ3n) is 4.07. The average molecular weight is 337 g/mol. The molecule has 1 aromatic carbocycles. The van der Waals surface area contributed by atoms with Crippen LogP contribution in [0.15, 0.2) is 40.1 Å². The van der Waals surface area contributed by atoms with Crippen molar-refractivity contribution in [2.45, 2.75) is 13.0 Å². The van der Waals surface area contributed by atoms with Gasteiger partial charge in [-0.3, -0.25) is 18.6 Å². The molecular weight excluding hydrogens is 322 g/mol. The highest BCUT2D eigenvalue weighted by molar-refractivity contribution is 5.83. The lowest BCUT2D eigenvalue weighted by Gasteiger charge is -2.10. The molecule has 9 nitrogen and oxygen atoms in total. The molecule has 0 radical (unpaired) electrons. The lowest BCUT2D eigenvalue weighted by atomic mass is 10.3. The summed E-state index contributed by atoms with van der Waals surface area (Å²) in [7, 11) is 3.22. The zero-order valence-corrected chi connectivity index (χ0v) is 13.7. The largest absolute Gasteiger partial charge is 0.332 e. The molecule has 0 aliphatic heterocycles. The molecule has 0 saturated heterocycles. The summed E-state index contributed by atoms with van der Waals surface area (Å²) in [5, 5.41) is 7.91. The van der Waals surface area contributed by atoms with E-state index in [1.165, 1.54) is 11.6 Å². The quantitative estimate of drug-likeness (QED) is 0.488. The van der Waals surface area contributed by atoms with Gasteiger partial charge in [0.2, 0.25) is 0 Å². The van der Waals surface area contributed by atoms with Crippen LogP contribution in [0, 0.1) is 0 Å². The monoisotopic (exact) mass is 337 g/mol. The molecule has 0 bridgehead atoms. The molecule has 0 aliphatic carbocycles. The number of fused-ring (bicyclic) bond motifs is 2. The Morgan fingerprint density at radius 3 is 2.44 bits per heavy atom. The van der Waals surface area contributed by atoms with Crippen LogP contribution in [0.4, 0.5) is 0 Å². The number of aryl methyl sites for hydroxylation is 3. The van der Waals surface area contributed by atoms with E-state index in [1.807, 2.05) is 12.1 Å². The van der Waals surface area contributed by atoms with Gasteiger partial charge < -0.3 is 0 Å². The lowest BCUT2D eigenvalue weighted by Crippen LogP contribution is -2.39. The van der Waals surface area contributed by atoms with E-state index in [0.29, 0.717) is 24.0 Å². The molecule has 0 saturated carbocycles. The Kier molecular flexibility index (Phi) is 3.41. The second-order valence-corrected chi connectivity index (χ2v) is 5.82.